The third kappa shape index (κ3) is 9.13. The Morgan fingerprint density at radius 3 is 1.69 bits per heavy atom. The summed E-state index contributed by atoms with van der Waals surface area (Å²) >= 11 is 0. The van der Waals surface area contributed by atoms with Crippen LogP contribution in [0.5, 0.6) is 0 Å². The molecule has 2 amide bonds. The molecule has 0 radical (unpaired) electrons. The molecule has 52 heavy (non-hydrogen) atoms. The fourth-order valence-corrected chi connectivity index (χ4v) is 6.23. The highest BCUT2D eigenvalue weighted by Gasteiger charge is 2.55. The molecule has 4 saturated heterocycles. The number of carbonyl (C=O) groups excluding carboxylic acids is 2. The van der Waals surface area contributed by atoms with E-state index in [1.165, 1.54) is 0 Å². The van der Waals surface area contributed by atoms with E-state index in [1.54, 1.807) is 0 Å². The van der Waals surface area contributed by atoms with E-state index in [4.69, 9.17) is 33.2 Å². The lowest BCUT2D eigenvalue weighted by Crippen LogP contribution is -2.69. The summed E-state index contributed by atoms with van der Waals surface area (Å²) in [4.78, 5) is 35.1. The molecule has 4 heterocycles. The highest BCUT2D eigenvalue weighted by Crippen LogP contribution is 2.33. The minimum Gasteiger partial charge on any atom is -0.479 e. The van der Waals surface area contributed by atoms with E-state index in [1.807, 2.05) is 0 Å². The van der Waals surface area contributed by atoms with Gasteiger partial charge in [-0.1, -0.05) is 0 Å². The quantitative estimate of drug-likeness (QED) is 0.0877. The van der Waals surface area contributed by atoms with Crippen LogP contribution in [-0.4, -0.2) is 222 Å². The molecule has 0 aromatic carbocycles. The summed E-state index contributed by atoms with van der Waals surface area (Å²) in [6, 6.07) is -2.93. The Morgan fingerprint density at radius 2 is 1.12 bits per heavy atom. The SMILES string of the molecule is CC(=O)N[C@@H]1[C@@H](O)[C@H](O)[C@@H](CO[C@@H]2O[C@H](CO)[C@@H](O[C@@H]3O[C@H](CO)[C@H](O)[C@H](O[C@@H]4O[C@H](C(=O)O)[C@@H](O)[C@H](O)[C@H]4O)[C@H]3O)[C@H](O)[C@H]2NC(C)=O)O[C@H]1O. The summed E-state index contributed by atoms with van der Waals surface area (Å²) in [5, 5.41) is 129. The molecule has 20 atom stereocenters. The van der Waals surface area contributed by atoms with Crippen molar-refractivity contribution in [1.29, 1.82) is 0 Å². The van der Waals surface area contributed by atoms with Crippen molar-refractivity contribution in [3.63, 3.8) is 0 Å². The Bertz CT molecular complexity index is 1220. The number of aliphatic carboxylic acids is 1. The van der Waals surface area contributed by atoms with Gasteiger partial charge in [0, 0.05) is 13.8 Å². The molecule has 0 unspecified atom stereocenters. The third-order valence-electron chi connectivity index (χ3n) is 8.96. The van der Waals surface area contributed by atoms with Crippen LogP contribution in [0.25, 0.3) is 0 Å². The lowest BCUT2D eigenvalue weighted by molar-refractivity contribution is -0.374. The van der Waals surface area contributed by atoms with Gasteiger partial charge in [0.05, 0.1) is 19.8 Å². The maximum atomic E-state index is 12.1. The molecule has 4 aliphatic rings. The lowest BCUT2D eigenvalue weighted by Gasteiger charge is -2.49. The Balaban J connectivity index is 1.50. The minimum absolute atomic E-state index is 0.632. The molecule has 0 aliphatic carbocycles. The highest BCUT2D eigenvalue weighted by atomic mass is 16.8. The fourth-order valence-electron chi connectivity index (χ4n) is 6.23. The highest BCUT2D eigenvalue weighted by molar-refractivity contribution is 5.74. The van der Waals surface area contributed by atoms with Gasteiger partial charge < -0.3 is 105 Å². The smallest absolute Gasteiger partial charge is 0.335 e. The standard InChI is InChI=1S/C28H46N2O22/c1-6(33)29-11-15(37)13(35)10(47-25(11)45)5-46-26-12(30-7(2)34)16(38)21(9(4-32)49-26)50-28-20(42)22(14(36)8(3-31)48-28)51-27-19(41)17(39)18(40)23(52-27)24(43)44/h8-23,25-28,31-32,35-42,45H,3-5H2,1-2H3,(H,29,33)(H,30,34)(H,43,44)/t8-,9-,10-,11-,12-,13-,14+,15-,16-,17+,18+,19-,20-,21-,22+,23+,25-,26-,27-,28+/m1/s1. The van der Waals surface area contributed by atoms with Crippen LogP contribution in [0.1, 0.15) is 13.8 Å². The van der Waals surface area contributed by atoms with E-state index in [-0.39, 0.29) is 0 Å². The number of hydrogen-bond acceptors (Lipinski definition) is 21. The van der Waals surface area contributed by atoms with Crippen molar-refractivity contribution in [2.75, 3.05) is 19.8 Å². The van der Waals surface area contributed by atoms with Crippen molar-refractivity contribution in [2.24, 2.45) is 0 Å². The van der Waals surface area contributed by atoms with Crippen molar-refractivity contribution in [3.05, 3.63) is 0 Å². The van der Waals surface area contributed by atoms with Gasteiger partial charge in [-0.2, -0.15) is 0 Å². The molecule has 24 nitrogen and oxygen atoms in total. The van der Waals surface area contributed by atoms with Gasteiger partial charge >= 0.3 is 5.97 Å². The van der Waals surface area contributed by atoms with Gasteiger partial charge in [-0.15, -0.1) is 0 Å². The van der Waals surface area contributed by atoms with Crippen molar-refractivity contribution >= 4 is 17.8 Å². The summed E-state index contributed by atoms with van der Waals surface area (Å²) in [6.07, 6.45) is -33.5. The maximum Gasteiger partial charge on any atom is 0.335 e. The molecule has 0 spiro atoms. The number of amides is 2. The number of hydrogen-bond donors (Lipinski definition) is 14. The van der Waals surface area contributed by atoms with E-state index in [2.05, 4.69) is 10.6 Å². The maximum absolute atomic E-state index is 12.1. The Morgan fingerprint density at radius 1 is 0.558 bits per heavy atom. The molecule has 4 fully saturated rings. The number of carboxylic acid groups (broad SMARTS) is 1. The Kier molecular flexibility index (Phi) is 14.6. The van der Waals surface area contributed by atoms with E-state index < -0.39 is 160 Å². The number of aliphatic hydroxyl groups is 11. The van der Waals surface area contributed by atoms with Crippen LogP contribution in [0.2, 0.25) is 0 Å². The van der Waals surface area contributed by atoms with Gasteiger partial charge in [0.15, 0.2) is 31.3 Å². The number of nitrogens with one attached hydrogen (secondary N) is 2. The molecule has 0 aromatic rings. The third-order valence-corrected chi connectivity index (χ3v) is 8.96. The van der Waals surface area contributed by atoms with Gasteiger partial charge in [-0.3, -0.25) is 9.59 Å². The molecular weight excluding hydrogens is 716 g/mol. The second-order valence-corrected chi connectivity index (χ2v) is 12.7. The van der Waals surface area contributed by atoms with Crippen LogP contribution in [0.15, 0.2) is 0 Å². The van der Waals surface area contributed by atoms with Crippen molar-refractivity contribution in [1.82, 2.24) is 10.6 Å². The second kappa shape index (κ2) is 17.9. The second-order valence-electron chi connectivity index (χ2n) is 12.7. The van der Waals surface area contributed by atoms with Crippen molar-refractivity contribution in [3.8, 4) is 0 Å². The molecule has 0 bridgehead atoms. The van der Waals surface area contributed by atoms with Gasteiger partial charge in [0.1, 0.15) is 91.4 Å². The molecule has 4 rings (SSSR count). The Hall–Kier alpha value is -2.31. The van der Waals surface area contributed by atoms with Crippen molar-refractivity contribution < 1.29 is 109 Å². The predicted molar refractivity (Wildman–Crippen MR) is 158 cm³/mol. The molecule has 0 aromatic heterocycles. The average Bonchev–Trinajstić information content (AvgIpc) is 3.08. The van der Waals surface area contributed by atoms with Gasteiger partial charge in [0.25, 0.3) is 0 Å². The van der Waals surface area contributed by atoms with Crippen LogP contribution < -0.4 is 10.6 Å². The lowest BCUT2D eigenvalue weighted by atomic mass is 9.94. The number of ether oxygens (including phenoxy) is 7. The summed E-state index contributed by atoms with van der Waals surface area (Å²) in [7, 11) is 0. The molecule has 300 valence electrons. The number of rotatable bonds is 12. The van der Waals surface area contributed by atoms with Crippen LogP contribution in [-0.2, 0) is 47.5 Å². The average molecular weight is 763 g/mol. The summed E-state index contributed by atoms with van der Waals surface area (Å²) in [5.74, 6) is -3.11. The van der Waals surface area contributed by atoms with Crippen molar-refractivity contribution in [2.45, 2.75) is 137 Å². The van der Waals surface area contributed by atoms with Gasteiger partial charge in [-0.05, 0) is 0 Å². The van der Waals surface area contributed by atoms with Gasteiger partial charge in [0.2, 0.25) is 11.8 Å². The van der Waals surface area contributed by atoms with Crippen LogP contribution >= 0.6 is 0 Å². The number of aliphatic hydroxyl groups excluding tert-OH is 11. The topological polar surface area (TPSA) is 383 Å². The monoisotopic (exact) mass is 762 g/mol. The fraction of sp³-hybridized carbons (Fsp3) is 0.893. The molecule has 24 heteroatoms. The first-order chi connectivity index (χ1) is 24.4. The zero-order valence-electron chi connectivity index (χ0n) is 27.6. The zero-order chi connectivity index (χ0) is 38.8. The van der Waals surface area contributed by atoms with E-state index >= 15 is 0 Å². The molecule has 0 saturated carbocycles. The van der Waals surface area contributed by atoms with Crippen LogP contribution in [0, 0.1) is 0 Å². The van der Waals surface area contributed by atoms with E-state index in [0.29, 0.717) is 0 Å². The van der Waals surface area contributed by atoms with E-state index in [9.17, 15) is 75.7 Å². The number of carbonyl (C=O) groups is 3. The normalized spacial score (nSPS) is 47.0. The predicted octanol–water partition coefficient (Wildman–Crippen LogP) is -9.37. The minimum atomic E-state index is -2.11. The summed E-state index contributed by atoms with van der Waals surface area (Å²) in [5.41, 5.74) is 0. The summed E-state index contributed by atoms with van der Waals surface area (Å²) in [6.45, 7) is -0.332. The first-order valence-corrected chi connectivity index (χ1v) is 16.1. The van der Waals surface area contributed by atoms with E-state index in [0.717, 1.165) is 13.8 Å². The first-order valence-electron chi connectivity index (χ1n) is 16.1. The van der Waals surface area contributed by atoms with Gasteiger partial charge in [-0.25, -0.2) is 4.79 Å². The molecule has 14 N–H and O–H groups in total. The van der Waals surface area contributed by atoms with Crippen LogP contribution in [0.4, 0.5) is 0 Å². The molecular formula is C28H46N2O22. The Labute approximate surface area is 293 Å². The summed E-state index contributed by atoms with van der Waals surface area (Å²) < 4.78 is 38.4. The largest absolute Gasteiger partial charge is 0.479 e. The number of carboxylic acids is 1. The zero-order valence-corrected chi connectivity index (χ0v) is 27.6. The molecule has 4 aliphatic heterocycles. The van der Waals surface area contributed by atoms with Crippen LogP contribution in [0.3, 0.4) is 0 Å². The first kappa shape index (κ1) is 42.4.